The first kappa shape index (κ1) is 12.3. The molecule has 19 heavy (non-hydrogen) atoms. The van der Waals surface area contributed by atoms with Crippen LogP contribution in [0.1, 0.15) is 17.2 Å². The van der Waals surface area contributed by atoms with Gasteiger partial charge in [0.15, 0.2) is 0 Å². The van der Waals surface area contributed by atoms with Crippen LogP contribution in [0.4, 0.5) is 5.69 Å². The highest BCUT2D eigenvalue weighted by atomic mass is 35.5. The van der Waals surface area contributed by atoms with Gasteiger partial charge in [0.2, 0.25) is 0 Å². The molecule has 0 N–H and O–H groups in total. The summed E-state index contributed by atoms with van der Waals surface area (Å²) in [5, 5.41) is 0.871. The van der Waals surface area contributed by atoms with Crippen molar-refractivity contribution in [1.82, 2.24) is 0 Å². The maximum atomic E-state index is 6.28. The van der Waals surface area contributed by atoms with Gasteiger partial charge in [-0.3, -0.25) is 0 Å². The summed E-state index contributed by atoms with van der Waals surface area (Å²) in [5.41, 5.74) is 3.76. The van der Waals surface area contributed by atoms with E-state index in [9.17, 15) is 0 Å². The van der Waals surface area contributed by atoms with E-state index >= 15 is 0 Å². The minimum atomic E-state index is 0.209. The number of halogens is 1. The van der Waals surface area contributed by atoms with E-state index in [4.69, 9.17) is 11.6 Å². The van der Waals surface area contributed by atoms with Gasteiger partial charge in [-0.1, -0.05) is 54.1 Å². The van der Waals surface area contributed by atoms with Gasteiger partial charge in [0.05, 0.1) is 6.04 Å². The molecule has 1 atom stereocenters. The van der Waals surface area contributed by atoms with E-state index in [0.29, 0.717) is 0 Å². The van der Waals surface area contributed by atoms with Crippen LogP contribution in [0.15, 0.2) is 61.2 Å². The van der Waals surface area contributed by atoms with Crippen molar-refractivity contribution >= 4 is 17.3 Å². The lowest BCUT2D eigenvalue weighted by atomic mass is 10.1. The lowest BCUT2D eigenvalue weighted by Crippen LogP contribution is -2.25. The van der Waals surface area contributed by atoms with E-state index < -0.39 is 0 Å². The first-order valence-electron chi connectivity index (χ1n) is 6.53. The number of nitrogens with zero attached hydrogens (tertiary/aromatic N) is 1. The van der Waals surface area contributed by atoms with Crippen molar-refractivity contribution < 1.29 is 0 Å². The molecule has 2 aromatic carbocycles. The standard InChI is InChI=1S/C17H16ClN/c1-2-16(13-7-4-3-5-8-13)19-12-11-14-15(18)9-6-10-17(14)19/h2-10,16H,1,11-12H2/t16-/m0/s1. The molecule has 0 saturated heterocycles. The summed E-state index contributed by atoms with van der Waals surface area (Å²) in [6.45, 7) is 4.99. The normalized spacial score (nSPS) is 15.1. The highest BCUT2D eigenvalue weighted by Crippen LogP contribution is 2.38. The Morgan fingerprint density at radius 2 is 1.89 bits per heavy atom. The molecule has 2 heteroatoms. The van der Waals surface area contributed by atoms with Crippen molar-refractivity contribution in [2.45, 2.75) is 12.5 Å². The lowest BCUT2D eigenvalue weighted by Gasteiger charge is -2.28. The van der Waals surface area contributed by atoms with Gasteiger partial charge in [-0.05, 0) is 29.7 Å². The predicted octanol–water partition coefficient (Wildman–Crippen LogP) is 4.63. The van der Waals surface area contributed by atoms with Crippen LogP contribution in [0, 0.1) is 0 Å². The van der Waals surface area contributed by atoms with Crippen LogP contribution in [0.3, 0.4) is 0 Å². The number of fused-ring (bicyclic) bond motifs is 1. The zero-order valence-electron chi connectivity index (χ0n) is 10.7. The molecule has 0 radical (unpaired) electrons. The topological polar surface area (TPSA) is 3.24 Å². The number of benzene rings is 2. The van der Waals surface area contributed by atoms with Crippen LogP contribution in [-0.2, 0) is 6.42 Å². The predicted molar refractivity (Wildman–Crippen MR) is 81.9 cm³/mol. The Morgan fingerprint density at radius 3 is 2.63 bits per heavy atom. The molecule has 1 aliphatic rings. The summed E-state index contributed by atoms with van der Waals surface area (Å²) in [6, 6.07) is 16.8. The number of anilines is 1. The van der Waals surface area contributed by atoms with Crippen LogP contribution >= 0.6 is 11.6 Å². The smallest absolute Gasteiger partial charge is 0.0724 e. The van der Waals surface area contributed by atoms with Crippen molar-refractivity contribution in [3.63, 3.8) is 0 Å². The second-order valence-electron chi connectivity index (χ2n) is 4.77. The summed E-state index contributed by atoms with van der Waals surface area (Å²) in [7, 11) is 0. The van der Waals surface area contributed by atoms with E-state index in [1.165, 1.54) is 16.8 Å². The van der Waals surface area contributed by atoms with E-state index in [-0.39, 0.29) is 6.04 Å². The molecule has 0 saturated carbocycles. The van der Waals surface area contributed by atoms with Crippen LogP contribution < -0.4 is 4.90 Å². The number of rotatable bonds is 3. The molecular formula is C17H16ClN. The Labute approximate surface area is 119 Å². The molecule has 1 nitrogen and oxygen atoms in total. The Bertz CT molecular complexity index is 591. The molecule has 0 aromatic heterocycles. The molecule has 1 aliphatic heterocycles. The Hall–Kier alpha value is -1.73. The van der Waals surface area contributed by atoms with Gasteiger partial charge in [-0.15, -0.1) is 6.58 Å². The molecule has 0 fully saturated rings. The van der Waals surface area contributed by atoms with Crippen LogP contribution in [0.5, 0.6) is 0 Å². The third-order valence-corrected chi connectivity index (χ3v) is 4.06. The maximum absolute atomic E-state index is 6.28. The third kappa shape index (κ3) is 2.15. The average Bonchev–Trinajstić information content (AvgIpc) is 2.87. The summed E-state index contributed by atoms with van der Waals surface area (Å²) in [5.74, 6) is 0. The fourth-order valence-electron chi connectivity index (χ4n) is 2.80. The van der Waals surface area contributed by atoms with Gasteiger partial charge in [-0.2, -0.15) is 0 Å². The molecule has 96 valence electrons. The van der Waals surface area contributed by atoms with Crippen LogP contribution in [-0.4, -0.2) is 6.54 Å². The van der Waals surface area contributed by atoms with Crippen molar-refractivity contribution in [1.29, 1.82) is 0 Å². The number of hydrogen-bond acceptors (Lipinski definition) is 1. The third-order valence-electron chi connectivity index (χ3n) is 3.71. The lowest BCUT2D eigenvalue weighted by molar-refractivity contribution is 0.754. The molecule has 3 rings (SSSR count). The van der Waals surface area contributed by atoms with Gasteiger partial charge in [0, 0.05) is 17.3 Å². The van der Waals surface area contributed by atoms with Gasteiger partial charge >= 0.3 is 0 Å². The van der Waals surface area contributed by atoms with Gasteiger partial charge in [0.25, 0.3) is 0 Å². The summed E-state index contributed by atoms with van der Waals surface area (Å²) in [4.78, 5) is 2.38. The number of hydrogen-bond donors (Lipinski definition) is 0. The molecule has 0 bridgehead atoms. The first-order chi connectivity index (χ1) is 9.31. The van der Waals surface area contributed by atoms with Gasteiger partial charge < -0.3 is 4.90 Å². The summed E-state index contributed by atoms with van der Waals surface area (Å²) in [6.07, 6.45) is 3.01. The molecule has 0 unspecified atom stereocenters. The fraction of sp³-hybridized carbons (Fsp3) is 0.176. The van der Waals surface area contributed by atoms with E-state index in [0.717, 1.165) is 18.0 Å². The molecule has 0 spiro atoms. The second-order valence-corrected chi connectivity index (χ2v) is 5.18. The van der Waals surface area contributed by atoms with E-state index in [2.05, 4.69) is 41.8 Å². The molecule has 1 heterocycles. The quantitative estimate of drug-likeness (QED) is 0.735. The Kier molecular flexibility index (Phi) is 3.31. The SMILES string of the molecule is C=C[C@@H](c1ccccc1)N1CCc2c(Cl)cccc21. The Morgan fingerprint density at radius 1 is 1.11 bits per heavy atom. The first-order valence-corrected chi connectivity index (χ1v) is 6.90. The molecule has 0 amide bonds. The van der Waals surface area contributed by atoms with Crippen molar-refractivity contribution in [2.24, 2.45) is 0 Å². The van der Waals surface area contributed by atoms with E-state index in [1.807, 2.05) is 24.3 Å². The van der Waals surface area contributed by atoms with Crippen molar-refractivity contribution in [3.8, 4) is 0 Å². The van der Waals surface area contributed by atoms with Crippen molar-refractivity contribution in [2.75, 3.05) is 11.4 Å². The Balaban J connectivity index is 2.00. The van der Waals surface area contributed by atoms with Gasteiger partial charge in [-0.25, -0.2) is 0 Å². The minimum absolute atomic E-state index is 0.209. The van der Waals surface area contributed by atoms with Crippen molar-refractivity contribution in [3.05, 3.63) is 77.3 Å². The summed E-state index contributed by atoms with van der Waals surface area (Å²) < 4.78 is 0. The average molecular weight is 270 g/mol. The minimum Gasteiger partial charge on any atom is -0.360 e. The fourth-order valence-corrected chi connectivity index (χ4v) is 3.06. The largest absolute Gasteiger partial charge is 0.360 e. The molecule has 0 aliphatic carbocycles. The van der Waals surface area contributed by atoms with Gasteiger partial charge in [0.1, 0.15) is 0 Å². The highest BCUT2D eigenvalue weighted by molar-refractivity contribution is 6.31. The maximum Gasteiger partial charge on any atom is 0.0724 e. The monoisotopic (exact) mass is 269 g/mol. The second kappa shape index (κ2) is 5.10. The van der Waals surface area contributed by atoms with Crippen LogP contribution in [0.2, 0.25) is 5.02 Å². The van der Waals surface area contributed by atoms with E-state index in [1.54, 1.807) is 0 Å². The zero-order valence-corrected chi connectivity index (χ0v) is 11.5. The highest BCUT2D eigenvalue weighted by Gasteiger charge is 2.26. The van der Waals surface area contributed by atoms with Crippen LogP contribution in [0.25, 0.3) is 0 Å². The zero-order chi connectivity index (χ0) is 13.2. The molecule has 2 aromatic rings. The molecular weight excluding hydrogens is 254 g/mol. The summed E-state index contributed by atoms with van der Waals surface area (Å²) >= 11 is 6.28.